The number of hydrogen-bond acceptors (Lipinski definition) is 3. The number of likely N-dealkylation sites (tertiary alicyclic amines) is 1. The lowest BCUT2D eigenvalue weighted by atomic mass is 10.0. The van der Waals surface area contributed by atoms with E-state index in [0.29, 0.717) is 12.5 Å². The Bertz CT molecular complexity index is 343. The predicted octanol–water partition coefficient (Wildman–Crippen LogP) is 1.79. The van der Waals surface area contributed by atoms with E-state index >= 15 is 0 Å². The van der Waals surface area contributed by atoms with E-state index in [1.807, 2.05) is 20.8 Å². The first kappa shape index (κ1) is 12.4. The summed E-state index contributed by atoms with van der Waals surface area (Å²) in [4.78, 5) is 13.6. The normalized spacial score (nSPS) is 28.0. The molecule has 2 rings (SSSR count). The van der Waals surface area contributed by atoms with Crippen LogP contribution in [0.5, 0.6) is 0 Å². The van der Waals surface area contributed by atoms with Gasteiger partial charge in [0.2, 0.25) is 0 Å². The van der Waals surface area contributed by atoms with Crippen molar-refractivity contribution in [2.45, 2.75) is 32.8 Å². The first-order valence-corrected chi connectivity index (χ1v) is 6.18. The number of nitrogens with zero attached hydrogens (tertiary/aromatic N) is 1. The van der Waals surface area contributed by atoms with E-state index < -0.39 is 5.60 Å². The summed E-state index contributed by atoms with van der Waals surface area (Å²) >= 11 is 0. The Labute approximate surface area is 102 Å². The fraction of sp³-hybridized carbons (Fsp3) is 0.769. The molecule has 1 fully saturated rings. The van der Waals surface area contributed by atoms with Crippen molar-refractivity contribution in [2.75, 3.05) is 19.7 Å². The molecule has 1 saturated heterocycles. The highest BCUT2D eigenvalue weighted by Crippen LogP contribution is 2.36. The molecule has 1 heterocycles. The number of rotatable bonds is 1. The number of carbonyl (C=O) groups excluding carboxylic acids is 1. The molecule has 4 heteroatoms. The molecule has 1 aliphatic heterocycles. The van der Waals surface area contributed by atoms with Gasteiger partial charge >= 0.3 is 6.09 Å². The molecule has 17 heavy (non-hydrogen) atoms. The third-order valence-corrected chi connectivity index (χ3v) is 3.26. The van der Waals surface area contributed by atoms with Gasteiger partial charge in [0.1, 0.15) is 5.60 Å². The van der Waals surface area contributed by atoms with Crippen LogP contribution in [0.4, 0.5) is 4.79 Å². The molecule has 0 aromatic heterocycles. The van der Waals surface area contributed by atoms with E-state index in [0.717, 1.165) is 13.0 Å². The van der Waals surface area contributed by atoms with Crippen molar-refractivity contribution in [3.63, 3.8) is 0 Å². The number of fused-ring (bicyclic) bond motifs is 1. The highest BCUT2D eigenvalue weighted by Gasteiger charge is 2.37. The Balaban J connectivity index is 1.94. The maximum absolute atomic E-state index is 11.9. The van der Waals surface area contributed by atoms with Gasteiger partial charge in [-0.25, -0.2) is 4.79 Å². The van der Waals surface area contributed by atoms with E-state index in [9.17, 15) is 4.79 Å². The number of aliphatic hydroxyl groups is 1. The van der Waals surface area contributed by atoms with Gasteiger partial charge in [0.05, 0.1) is 0 Å². The van der Waals surface area contributed by atoms with Gasteiger partial charge in [-0.15, -0.1) is 0 Å². The SMILES string of the molecule is CC(C)(C)OC(=O)N1CC2=CC(CO)CC2C1. The second-order valence-electron chi connectivity index (χ2n) is 5.98. The van der Waals surface area contributed by atoms with Gasteiger partial charge in [0, 0.05) is 25.6 Å². The average molecular weight is 239 g/mol. The molecule has 96 valence electrons. The zero-order chi connectivity index (χ0) is 12.6. The Morgan fingerprint density at radius 3 is 2.82 bits per heavy atom. The van der Waals surface area contributed by atoms with Crippen LogP contribution in [-0.2, 0) is 4.74 Å². The fourth-order valence-electron chi connectivity index (χ4n) is 2.54. The van der Waals surface area contributed by atoms with Crippen LogP contribution in [0.15, 0.2) is 11.6 Å². The largest absolute Gasteiger partial charge is 0.444 e. The van der Waals surface area contributed by atoms with Gasteiger partial charge in [0.25, 0.3) is 0 Å². The molecule has 0 saturated carbocycles. The summed E-state index contributed by atoms with van der Waals surface area (Å²) in [6, 6.07) is 0. The maximum atomic E-state index is 11.9. The lowest BCUT2D eigenvalue weighted by Gasteiger charge is -2.24. The van der Waals surface area contributed by atoms with E-state index in [-0.39, 0.29) is 18.6 Å². The molecule has 0 aromatic rings. The van der Waals surface area contributed by atoms with Crippen LogP contribution in [0.3, 0.4) is 0 Å². The van der Waals surface area contributed by atoms with Crippen molar-refractivity contribution in [3.8, 4) is 0 Å². The summed E-state index contributed by atoms with van der Waals surface area (Å²) in [5.41, 5.74) is 0.853. The Morgan fingerprint density at radius 2 is 2.29 bits per heavy atom. The summed E-state index contributed by atoms with van der Waals surface area (Å²) in [6.45, 7) is 7.24. The summed E-state index contributed by atoms with van der Waals surface area (Å²) in [5.74, 6) is 0.718. The molecule has 4 nitrogen and oxygen atoms in total. The molecule has 0 aromatic carbocycles. The Kier molecular flexibility index (Phi) is 3.17. The lowest BCUT2D eigenvalue weighted by molar-refractivity contribution is 0.0287. The number of ether oxygens (including phenoxy) is 1. The number of amides is 1. The summed E-state index contributed by atoms with van der Waals surface area (Å²) < 4.78 is 5.35. The fourth-order valence-corrected chi connectivity index (χ4v) is 2.54. The summed E-state index contributed by atoms with van der Waals surface area (Å²) in [7, 11) is 0. The standard InChI is InChI=1S/C13H21NO3/c1-13(2,3)17-12(16)14-6-10-4-9(8-15)5-11(10)7-14/h4,9,11,15H,5-8H2,1-3H3. The van der Waals surface area contributed by atoms with Crippen LogP contribution < -0.4 is 0 Å². The first-order valence-electron chi connectivity index (χ1n) is 6.18. The van der Waals surface area contributed by atoms with E-state index in [4.69, 9.17) is 9.84 Å². The minimum Gasteiger partial charge on any atom is -0.444 e. The number of carbonyl (C=O) groups is 1. The van der Waals surface area contributed by atoms with Gasteiger partial charge in [0.15, 0.2) is 0 Å². The Morgan fingerprint density at radius 1 is 1.59 bits per heavy atom. The molecule has 1 N–H and O–H groups in total. The van der Waals surface area contributed by atoms with Crippen molar-refractivity contribution < 1.29 is 14.6 Å². The molecular weight excluding hydrogens is 218 g/mol. The molecule has 0 radical (unpaired) electrons. The average Bonchev–Trinajstić information content (AvgIpc) is 2.70. The molecule has 0 spiro atoms. The van der Waals surface area contributed by atoms with Crippen LogP contribution >= 0.6 is 0 Å². The maximum Gasteiger partial charge on any atom is 0.410 e. The molecule has 0 bridgehead atoms. The second kappa shape index (κ2) is 4.33. The van der Waals surface area contributed by atoms with Gasteiger partial charge in [-0.05, 0) is 38.7 Å². The van der Waals surface area contributed by atoms with Crippen LogP contribution in [0, 0.1) is 11.8 Å². The zero-order valence-electron chi connectivity index (χ0n) is 10.8. The van der Waals surface area contributed by atoms with Crippen LogP contribution in [0.1, 0.15) is 27.2 Å². The van der Waals surface area contributed by atoms with Gasteiger partial charge in [-0.2, -0.15) is 0 Å². The monoisotopic (exact) mass is 239 g/mol. The molecule has 1 aliphatic carbocycles. The van der Waals surface area contributed by atoms with Crippen LogP contribution in [0.25, 0.3) is 0 Å². The summed E-state index contributed by atoms with van der Waals surface area (Å²) in [5, 5.41) is 9.10. The quantitative estimate of drug-likeness (QED) is 0.710. The van der Waals surface area contributed by atoms with Gasteiger partial charge in [-0.3, -0.25) is 0 Å². The van der Waals surface area contributed by atoms with Crippen molar-refractivity contribution in [1.82, 2.24) is 4.90 Å². The highest BCUT2D eigenvalue weighted by atomic mass is 16.6. The summed E-state index contributed by atoms with van der Waals surface area (Å²) in [6.07, 6.45) is 2.86. The number of hydrogen-bond donors (Lipinski definition) is 1. The lowest BCUT2D eigenvalue weighted by Crippen LogP contribution is -2.35. The molecule has 2 atom stereocenters. The van der Waals surface area contributed by atoms with Crippen LogP contribution in [0.2, 0.25) is 0 Å². The third kappa shape index (κ3) is 2.80. The van der Waals surface area contributed by atoms with E-state index in [2.05, 4.69) is 6.08 Å². The Hall–Kier alpha value is -1.03. The number of aliphatic hydroxyl groups excluding tert-OH is 1. The van der Waals surface area contributed by atoms with Gasteiger partial charge < -0.3 is 14.7 Å². The van der Waals surface area contributed by atoms with Crippen molar-refractivity contribution in [3.05, 3.63) is 11.6 Å². The predicted molar refractivity (Wildman–Crippen MR) is 64.6 cm³/mol. The van der Waals surface area contributed by atoms with Crippen molar-refractivity contribution in [2.24, 2.45) is 11.8 Å². The van der Waals surface area contributed by atoms with Gasteiger partial charge in [-0.1, -0.05) is 6.08 Å². The van der Waals surface area contributed by atoms with E-state index in [1.165, 1.54) is 5.57 Å². The van der Waals surface area contributed by atoms with Crippen molar-refractivity contribution in [1.29, 1.82) is 0 Å². The highest BCUT2D eigenvalue weighted by molar-refractivity contribution is 5.69. The topological polar surface area (TPSA) is 49.8 Å². The second-order valence-corrected chi connectivity index (χ2v) is 5.98. The first-order chi connectivity index (χ1) is 7.89. The molecule has 1 amide bonds. The minimum atomic E-state index is -0.434. The van der Waals surface area contributed by atoms with E-state index in [1.54, 1.807) is 4.90 Å². The smallest absolute Gasteiger partial charge is 0.410 e. The molecule has 2 aliphatic rings. The third-order valence-electron chi connectivity index (χ3n) is 3.26. The van der Waals surface area contributed by atoms with Crippen LogP contribution in [-0.4, -0.2) is 41.4 Å². The minimum absolute atomic E-state index is 0.215. The van der Waals surface area contributed by atoms with Crippen molar-refractivity contribution >= 4 is 6.09 Å². The molecule has 2 unspecified atom stereocenters. The molecular formula is C13H21NO3. The zero-order valence-corrected chi connectivity index (χ0v) is 10.8.